The topological polar surface area (TPSA) is 124 Å². The Kier molecular flexibility index (Phi) is 18.5. The van der Waals surface area contributed by atoms with Gasteiger partial charge in [-0.3, -0.25) is 9.80 Å². The van der Waals surface area contributed by atoms with Gasteiger partial charge in [0.05, 0.1) is 12.1 Å². The number of halogens is 2. The molecular weight excluding hydrogens is 447 g/mol. The Bertz CT molecular complexity index is 867. The van der Waals surface area contributed by atoms with Crippen LogP contribution in [0, 0.1) is 0 Å². The maximum absolute atomic E-state index is 11.4. The zero-order valence-electron chi connectivity index (χ0n) is 19.3. The summed E-state index contributed by atoms with van der Waals surface area (Å²) in [6.07, 6.45) is 6.50. The van der Waals surface area contributed by atoms with Crippen molar-refractivity contribution in [2.45, 2.75) is 27.7 Å². The highest BCUT2D eigenvalue weighted by molar-refractivity contribution is 6.25. The van der Waals surface area contributed by atoms with Gasteiger partial charge in [-0.1, -0.05) is 61.9 Å². The number of carbonyl (C=O) groups excluding carboxylic acids is 1. The molecule has 176 valence electrons. The number of hydrogen-bond donors (Lipinski definition) is 3. The number of rotatable bonds is 5. The van der Waals surface area contributed by atoms with E-state index in [2.05, 4.69) is 28.3 Å². The Hall–Kier alpha value is -2.87. The molecule has 0 aliphatic carbocycles. The quantitative estimate of drug-likeness (QED) is 0.103. The van der Waals surface area contributed by atoms with E-state index in [9.17, 15) is 4.79 Å². The molecule has 0 aliphatic rings. The highest BCUT2D eigenvalue weighted by Crippen LogP contribution is 2.23. The molecule has 1 aromatic carbocycles. The normalized spacial score (nSPS) is 9.94. The lowest BCUT2D eigenvalue weighted by atomic mass is 10.0. The molecule has 0 amide bonds. The van der Waals surface area contributed by atoms with Crippen molar-refractivity contribution in [3.05, 3.63) is 71.9 Å². The summed E-state index contributed by atoms with van der Waals surface area (Å²) in [5, 5.41) is 5.03. The molecule has 6 N–H and O–H groups in total. The van der Waals surface area contributed by atoms with Gasteiger partial charge in [-0.15, -0.1) is 18.2 Å². The van der Waals surface area contributed by atoms with E-state index in [1.807, 2.05) is 32.9 Å². The number of ketones is 1. The van der Waals surface area contributed by atoms with Crippen molar-refractivity contribution in [3.63, 3.8) is 0 Å². The van der Waals surface area contributed by atoms with Gasteiger partial charge in [0, 0.05) is 29.2 Å². The molecule has 0 atom stereocenters. The number of alkyl halides is 1. The van der Waals surface area contributed by atoms with Gasteiger partial charge in [0.2, 0.25) is 0 Å². The summed E-state index contributed by atoms with van der Waals surface area (Å²) >= 11 is 10.2. The largest absolute Gasteiger partial charge is 0.383 e. The van der Waals surface area contributed by atoms with Gasteiger partial charge >= 0.3 is 0 Å². The van der Waals surface area contributed by atoms with E-state index in [1.54, 1.807) is 36.5 Å². The Morgan fingerprint density at radius 3 is 2.19 bits per heavy atom. The van der Waals surface area contributed by atoms with Crippen LogP contribution >= 0.6 is 23.2 Å². The van der Waals surface area contributed by atoms with Gasteiger partial charge in [-0.2, -0.15) is 5.10 Å². The minimum atomic E-state index is 0.00587. The summed E-state index contributed by atoms with van der Waals surface area (Å²) < 4.78 is 0. The van der Waals surface area contributed by atoms with Gasteiger partial charge in [0.15, 0.2) is 11.6 Å². The second-order valence-corrected chi connectivity index (χ2v) is 5.92. The molecule has 0 spiro atoms. The van der Waals surface area contributed by atoms with Crippen molar-refractivity contribution in [3.8, 4) is 11.1 Å². The van der Waals surface area contributed by atoms with Crippen LogP contribution in [0.1, 0.15) is 43.6 Å². The predicted octanol–water partition coefficient (Wildman–Crippen LogP) is 5.16. The van der Waals surface area contributed by atoms with E-state index in [-0.39, 0.29) is 17.4 Å². The third-order valence-corrected chi connectivity index (χ3v) is 3.75. The second-order valence-electron chi connectivity index (χ2n) is 5.67. The molecule has 2 aromatic rings. The molecule has 0 fully saturated rings. The first kappa shape index (κ1) is 31.3. The maximum atomic E-state index is 11.4. The standard InChI is InChI=1S/C17H19ClN6O.C3H6.C2H6.CH3Cl/c1-11(25)12-3-5-13(6-4-12)14-9-15(16(19)22-10-14)17(23-20)24(21)8-2-7-18;1-3-2;2*1-2/h2-7,9-10H,8,20-21H2,1H3,(H2,19,22);3H,1H2,2H3;1-2H3;1H3/b7-2+,23-17-;;;. The number of carbonyl (C=O) groups is 1. The van der Waals surface area contributed by atoms with E-state index >= 15 is 0 Å². The number of nitrogen functional groups attached to an aromatic ring is 1. The number of nitrogens with two attached hydrogens (primary N) is 3. The van der Waals surface area contributed by atoms with Gasteiger partial charge < -0.3 is 11.6 Å². The minimum Gasteiger partial charge on any atom is -0.383 e. The monoisotopic (exact) mass is 480 g/mol. The van der Waals surface area contributed by atoms with E-state index < -0.39 is 0 Å². The molecule has 1 heterocycles. The van der Waals surface area contributed by atoms with Gasteiger partial charge in [-0.25, -0.2) is 10.8 Å². The smallest absolute Gasteiger partial charge is 0.173 e. The average molecular weight is 481 g/mol. The first-order valence-corrected chi connectivity index (χ1v) is 11.0. The van der Waals surface area contributed by atoms with E-state index in [4.69, 9.17) is 29.0 Å². The molecule has 0 bridgehead atoms. The highest BCUT2D eigenvalue weighted by atomic mass is 35.5. The van der Waals surface area contributed by atoms with Crippen LogP contribution < -0.4 is 17.4 Å². The minimum absolute atomic E-state index is 0.00587. The van der Waals surface area contributed by atoms with Crippen LogP contribution in [0.2, 0.25) is 0 Å². The second kappa shape index (κ2) is 18.9. The molecule has 7 nitrogen and oxygen atoms in total. The number of aromatic nitrogens is 1. The van der Waals surface area contributed by atoms with Crippen molar-refractivity contribution in [2.24, 2.45) is 16.8 Å². The molecule has 0 aliphatic heterocycles. The number of pyridine rings is 1. The third kappa shape index (κ3) is 10.4. The van der Waals surface area contributed by atoms with Crippen LogP contribution in [0.3, 0.4) is 0 Å². The third-order valence-electron chi connectivity index (χ3n) is 3.57. The summed E-state index contributed by atoms with van der Waals surface area (Å²) in [5.41, 5.74) is 10.1. The summed E-state index contributed by atoms with van der Waals surface area (Å²) in [6.45, 7) is 11.1. The fourth-order valence-electron chi connectivity index (χ4n) is 2.25. The zero-order chi connectivity index (χ0) is 25.1. The number of hydrazine groups is 1. The summed E-state index contributed by atoms with van der Waals surface area (Å²) in [5.74, 6) is 12.0. The summed E-state index contributed by atoms with van der Waals surface area (Å²) in [6, 6.07) is 8.98. The fourth-order valence-corrected chi connectivity index (χ4v) is 2.33. The predicted molar refractivity (Wildman–Crippen MR) is 140 cm³/mol. The van der Waals surface area contributed by atoms with Gasteiger partial charge in [0.25, 0.3) is 0 Å². The molecule has 0 saturated heterocycles. The first-order chi connectivity index (χ1) is 15.4. The van der Waals surface area contributed by atoms with E-state index in [1.165, 1.54) is 23.9 Å². The Morgan fingerprint density at radius 2 is 1.75 bits per heavy atom. The van der Waals surface area contributed by atoms with Crippen molar-refractivity contribution >= 4 is 40.6 Å². The zero-order valence-corrected chi connectivity index (χ0v) is 20.9. The van der Waals surface area contributed by atoms with Crippen LogP contribution in [0.4, 0.5) is 5.82 Å². The SMILES string of the molecule is C=CC.CC.CC(=O)c1ccc(-c2cnc(N)c(/C(=N/N)N(N)C/C=C/Cl)c2)cc1.CCl. The summed E-state index contributed by atoms with van der Waals surface area (Å²) in [4.78, 5) is 15.6. The molecule has 1 aromatic heterocycles. The van der Waals surface area contributed by atoms with Crippen molar-refractivity contribution in [2.75, 3.05) is 18.7 Å². The number of hydrogen-bond acceptors (Lipinski definition) is 6. The van der Waals surface area contributed by atoms with Crippen molar-refractivity contribution < 1.29 is 4.79 Å². The molecule has 9 heteroatoms. The molecule has 0 radical (unpaired) electrons. The van der Waals surface area contributed by atoms with Gasteiger partial charge in [-0.05, 0) is 25.5 Å². The van der Waals surface area contributed by atoms with Crippen molar-refractivity contribution in [1.29, 1.82) is 0 Å². The number of hydrazone groups is 1. The number of nitrogens with zero attached hydrogens (tertiary/aromatic N) is 3. The van der Waals surface area contributed by atoms with Crippen LogP contribution in [0.15, 0.2) is 65.9 Å². The summed E-state index contributed by atoms with van der Waals surface area (Å²) in [7, 11) is 0. The number of Topliss-reactive ketones (excluding diaryl/α,β-unsaturated/α-hetero) is 1. The van der Waals surface area contributed by atoms with Crippen LogP contribution in [-0.2, 0) is 0 Å². The highest BCUT2D eigenvalue weighted by Gasteiger charge is 2.15. The lowest BCUT2D eigenvalue weighted by Crippen LogP contribution is -2.39. The van der Waals surface area contributed by atoms with E-state index in [0.717, 1.165) is 11.1 Å². The van der Waals surface area contributed by atoms with Crippen molar-refractivity contribution in [1.82, 2.24) is 9.99 Å². The first-order valence-electron chi connectivity index (χ1n) is 9.77. The Morgan fingerprint density at radius 1 is 1.22 bits per heavy atom. The molecule has 0 saturated carbocycles. The average Bonchev–Trinajstić information content (AvgIpc) is 2.82. The van der Waals surface area contributed by atoms with Crippen LogP contribution in [0.5, 0.6) is 0 Å². The lowest BCUT2D eigenvalue weighted by Gasteiger charge is -2.19. The van der Waals surface area contributed by atoms with Gasteiger partial charge in [0.1, 0.15) is 5.82 Å². The Labute approximate surface area is 201 Å². The van der Waals surface area contributed by atoms with Crippen LogP contribution in [0.25, 0.3) is 11.1 Å². The lowest BCUT2D eigenvalue weighted by molar-refractivity contribution is 0.101. The molecular formula is C23H34Cl2N6O. The number of allylic oxidation sites excluding steroid dienone is 1. The number of anilines is 1. The Balaban J connectivity index is 0. The maximum Gasteiger partial charge on any atom is 0.173 e. The molecule has 2 rings (SSSR count). The van der Waals surface area contributed by atoms with E-state index in [0.29, 0.717) is 17.7 Å². The number of benzene rings is 1. The number of amidine groups is 1. The fraction of sp³-hybridized carbons (Fsp3) is 0.261. The molecule has 32 heavy (non-hydrogen) atoms. The molecule has 0 unspecified atom stereocenters. The van der Waals surface area contributed by atoms with Crippen LogP contribution in [-0.4, -0.2) is 34.5 Å².